The van der Waals surface area contributed by atoms with Crippen molar-refractivity contribution in [1.82, 2.24) is 25.1 Å². The Labute approximate surface area is 408 Å². The highest BCUT2D eigenvalue weighted by Gasteiger charge is 2.53. The van der Waals surface area contributed by atoms with E-state index in [1.54, 1.807) is 52.1 Å². The number of carbonyl (C=O) groups is 5. The van der Waals surface area contributed by atoms with Gasteiger partial charge in [0.2, 0.25) is 5.79 Å². The van der Waals surface area contributed by atoms with Gasteiger partial charge in [-0.1, -0.05) is 71.1 Å². The van der Waals surface area contributed by atoms with Crippen LogP contribution in [-0.4, -0.2) is 141 Å². The molecule has 3 unspecified atom stereocenters. The molecule has 0 aromatic carbocycles. The fourth-order valence-electron chi connectivity index (χ4n) is 10.8. The van der Waals surface area contributed by atoms with Gasteiger partial charge in [0, 0.05) is 58.5 Å². The molecule has 4 heterocycles. The van der Waals surface area contributed by atoms with Gasteiger partial charge >= 0.3 is 5.97 Å². The van der Waals surface area contributed by atoms with Gasteiger partial charge in [0.05, 0.1) is 30.5 Å². The second-order valence-electron chi connectivity index (χ2n) is 20.4. The summed E-state index contributed by atoms with van der Waals surface area (Å²) in [5.41, 5.74) is 1.20. The van der Waals surface area contributed by atoms with E-state index < -0.39 is 77.8 Å². The summed E-state index contributed by atoms with van der Waals surface area (Å²) < 4.78 is 31.6. The quantitative estimate of drug-likeness (QED) is 0.235. The third kappa shape index (κ3) is 14.2. The van der Waals surface area contributed by atoms with E-state index in [-0.39, 0.29) is 60.9 Å². The number of aliphatic hydroxyl groups excluding tert-OH is 1. The number of tetrazole rings is 1. The number of nitrogens with zero attached hydrogens (tertiary/aromatic N) is 5. The van der Waals surface area contributed by atoms with Crippen molar-refractivity contribution in [2.24, 2.45) is 35.5 Å². The first-order valence-corrected chi connectivity index (χ1v) is 25.0. The number of piperidine rings is 1. The molecule has 3 fully saturated rings. The molecule has 2 N–H and O–H groups in total. The number of esters is 1. The van der Waals surface area contributed by atoms with E-state index in [4.69, 9.17) is 23.7 Å². The smallest absolute Gasteiger partial charge is 0.329 e. The van der Waals surface area contributed by atoms with E-state index in [1.807, 2.05) is 58.1 Å². The number of carbonyl (C=O) groups excluding carboxylic acids is 5. The normalized spacial score (nSPS) is 37.1. The summed E-state index contributed by atoms with van der Waals surface area (Å²) in [5.74, 6) is -7.89. The van der Waals surface area contributed by atoms with Crippen LogP contribution in [0.4, 0.5) is 0 Å². The maximum absolute atomic E-state index is 14.5. The van der Waals surface area contributed by atoms with Crippen molar-refractivity contribution in [3.63, 3.8) is 0 Å². The standard InChI is InChI=1S/C52H79N5O12/c1-31-16-12-11-13-17-32(2)43(65-8)28-39-21-19-37(7)52(64,69-39)49(61)50(62)56-23-15-14-18-41(56)51(63)68-44(34(4)26-38-20-22-40(45(27-38)66-9)57-30-53-54-55-57)29-42(58)33(3)25-36(6)47(60)48(67-10)46(59)35(5)24-31/h11-13,16-17,25,30-31,34-41,43-45,47-48,60,64H,14-15,18-24,26-29H2,1-10H3/b13-11?,16-12?,32-17?,33-25+/t31-,34-,35-,36?,37-,38?,39+,40+,41?,43+,44+,45-,47-,48+,52-/m1/s1. The number of fused-ring (bicyclic) bond motifs is 3. The summed E-state index contributed by atoms with van der Waals surface area (Å²) in [6.45, 7) is 12.8. The lowest BCUT2D eigenvalue weighted by Crippen LogP contribution is -2.61. The summed E-state index contributed by atoms with van der Waals surface area (Å²) in [5, 5.41) is 35.2. The fraction of sp³-hybridized carbons (Fsp3) is 0.731. The monoisotopic (exact) mass is 966 g/mol. The lowest BCUT2D eigenvalue weighted by molar-refractivity contribution is -0.265. The Balaban J connectivity index is 1.46. The number of methoxy groups -OCH3 is 3. The zero-order valence-electron chi connectivity index (χ0n) is 42.5. The molecule has 17 nitrogen and oxygen atoms in total. The third-order valence-electron chi connectivity index (χ3n) is 15.2. The zero-order valence-corrected chi connectivity index (χ0v) is 42.5. The van der Waals surface area contributed by atoms with Gasteiger partial charge in [-0.3, -0.25) is 19.2 Å². The summed E-state index contributed by atoms with van der Waals surface area (Å²) in [6.07, 6.45) is 14.0. The fourth-order valence-corrected chi connectivity index (χ4v) is 10.8. The average Bonchev–Trinajstić information content (AvgIpc) is 3.88. The Bertz CT molecular complexity index is 2020. The van der Waals surface area contributed by atoms with Crippen molar-refractivity contribution in [2.45, 2.75) is 180 Å². The van der Waals surface area contributed by atoms with Crippen LogP contribution >= 0.6 is 0 Å². The van der Waals surface area contributed by atoms with E-state index in [9.17, 15) is 34.2 Å². The topological polar surface area (TPSA) is 219 Å². The lowest BCUT2D eigenvalue weighted by Gasteiger charge is -2.42. The molecule has 17 heteroatoms. The number of ether oxygens (including phenoxy) is 5. The summed E-state index contributed by atoms with van der Waals surface area (Å²) in [4.78, 5) is 72.3. The van der Waals surface area contributed by atoms with E-state index in [2.05, 4.69) is 15.5 Å². The first kappa shape index (κ1) is 55.7. The number of hydrogen-bond acceptors (Lipinski definition) is 15. The number of cyclic esters (lactones) is 1. The Hall–Kier alpha value is -4.26. The van der Waals surface area contributed by atoms with Crippen LogP contribution < -0.4 is 0 Å². The van der Waals surface area contributed by atoms with E-state index in [0.29, 0.717) is 56.9 Å². The summed E-state index contributed by atoms with van der Waals surface area (Å²) in [6, 6.07) is -1.20. The number of aromatic nitrogens is 4. The first-order valence-electron chi connectivity index (χ1n) is 25.0. The number of amides is 1. The second-order valence-corrected chi connectivity index (χ2v) is 20.4. The SMILES string of the molecule is CO[C@H]1C[C@@H]2CC[C@@H](C)[C@@](O)(O2)C(=O)C(=O)N2CCCCC2C(=O)O[C@H]([C@H](C)CC2CC[C@H](n3cnnn3)[C@H](OC)C2)CC(=O)/C(C)=C/C(C)[C@@H](O)[C@@H](OC)C(=O)[C@H](C)C[C@H](C)C=CC=CC=C1C. The van der Waals surface area contributed by atoms with Gasteiger partial charge in [0.1, 0.15) is 24.6 Å². The van der Waals surface area contributed by atoms with Gasteiger partial charge in [0.25, 0.3) is 11.7 Å². The molecular formula is C52H79N5O12. The Morgan fingerprint density at radius 3 is 2.33 bits per heavy atom. The Kier molecular flexibility index (Phi) is 20.8. The predicted molar refractivity (Wildman–Crippen MR) is 256 cm³/mol. The largest absolute Gasteiger partial charge is 0.460 e. The highest BCUT2D eigenvalue weighted by Crippen LogP contribution is 2.39. The summed E-state index contributed by atoms with van der Waals surface area (Å²) in [7, 11) is 4.63. The van der Waals surface area contributed by atoms with Crippen LogP contribution in [0.25, 0.3) is 0 Å². The summed E-state index contributed by atoms with van der Waals surface area (Å²) >= 11 is 0. The van der Waals surface area contributed by atoms with Crippen LogP contribution in [-0.2, 0) is 47.7 Å². The molecule has 1 saturated carbocycles. The molecule has 15 atom stereocenters. The van der Waals surface area contributed by atoms with Crippen molar-refractivity contribution in [1.29, 1.82) is 0 Å². The lowest BCUT2D eigenvalue weighted by atomic mass is 9.77. The highest BCUT2D eigenvalue weighted by molar-refractivity contribution is 6.39. The van der Waals surface area contributed by atoms with Crippen LogP contribution in [0.2, 0.25) is 0 Å². The van der Waals surface area contributed by atoms with Gasteiger partial charge < -0.3 is 38.8 Å². The van der Waals surface area contributed by atoms with Gasteiger partial charge in [-0.2, -0.15) is 0 Å². The van der Waals surface area contributed by atoms with Crippen LogP contribution in [0.1, 0.15) is 132 Å². The van der Waals surface area contributed by atoms with Crippen LogP contribution in [0, 0.1) is 35.5 Å². The molecule has 0 radical (unpaired) electrons. The first-order chi connectivity index (χ1) is 32.8. The predicted octanol–water partition coefficient (Wildman–Crippen LogP) is 6.05. The third-order valence-corrected chi connectivity index (χ3v) is 15.2. The van der Waals surface area contributed by atoms with Crippen molar-refractivity contribution < 1.29 is 57.9 Å². The zero-order chi connectivity index (χ0) is 50.6. The van der Waals surface area contributed by atoms with E-state index in [1.165, 1.54) is 12.0 Å². The van der Waals surface area contributed by atoms with Crippen molar-refractivity contribution in [2.75, 3.05) is 27.9 Å². The molecule has 0 spiro atoms. The van der Waals surface area contributed by atoms with Crippen LogP contribution in [0.15, 0.2) is 53.9 Å². The minimum Gasteiger partial charge on any atom is -0.460 e. The number of Topliss-reactive ketones (excluding diaryl/α,β-unsaturated/α-hetero) is 3. The van der Waals surface area contributed by atoms with Crippen LogP contribution in [0.5, 0.6) is 0 Å². The highest BCUT2D eigenvalue weighted by atomic mass is 16.6. The maximum atomic E-state index is 14.5. The maximum Gasteiger partial charge on any atom is 0.329 e. The molecule has 69 heavy (non-hydrogen) atoms. The molecule has 1 aromatic rings. The molecule has 384 valence electrons. The molecule has 2 bridgehead atoms. The molecule has 1 amide bonds. The van der Waals surface area contributed by atoms with Gasteiger partial charge in [-0.05, 0) is 117 Å². The number of allylic oxidation sites excluding steroid dienone is 6. The van der Waals surface area contributed by atoms with E-state index >= 15 is 0 Å². The van der Waals surface area contributed by atoms with Crippen molar-refractivity contribution in [3.05, 3.63) is 53.9 Å². The second kappa shape index (κ2) is 25.7. The molecule has 1 aliphatic carbocycles. The Morgan fingerprint density at radius 2 is 1.65 bits per heavy atom. The molecule has 4 aliphatic rings. The van der Waals surface area contributed by atoms with Crippen LogP contribution in [0.3, 0.4) is 0 Å². The number of ketones is 3. The van der Waals surface area contributed by atoms with Gasteiger partial charge in [-0.15, -0.1) is 5.10 Å². The van der Waals surface area contributed by atoms with Crippen molar-refractivity contribution >= 4 is 29.2 Å². The molecule has 2 saturated heterocycles. The number of aliphatic hydroxyl groups is 2. The molecule has 1 aromatic heterocycles. The number of hydrogen-bond donors (Lipinski definition) is 2. The molecule has 3 aliphatic heterocycles. The Morgan fingerprint density at radius 1 is 0.899 bits per heavy atom. The average molecular weight is 966 g/mol. The molecular weight excluding hydrogens is 887 g/mol. The minimum atomic E-state index is -2.43. The van der Waals surface area contributed by atoms with E-state index in [0.717, 1.165) is 18.4 Å². The minimum absolute atomic E-state index is 0.0197. The molecule has 5 rings (SSSR count). The van der Waals surface area contributed by atoms with Gasteiger partial charge in [-0.25, -0.2) is 9.48 Å². The number of rotatable bonds is 7. The van der Waals surface area contributed by atoms with Gasteiger partial charge in [0.15, 0.2) is 11.6 Å². The van der Waals surface area contributed by atoms with Crippen molar-refractivity contribution in [3.8, 4) is 0 Å².